The van der Waals surface area contributed by atoms with Gasteiger partial charge < -0.3 is 14.4 Å². The van der Waals surface area contributed by atoms with Crippen LogP contribution < -0.4 is 0 Å². The number of esters is 1. The monoisotopic (exact) mass is 283 g/mol. The second-order valence-corrected chi connectivity index (χ2v) is 5.82. The lowest BCUT2D eigenvalue weighted by molar-refractivity contribution is -0.149. The molecule has 0 aromatic carbocycles. The van der Waals surface area contributed by atoms with Crippen LogP contribution in [-0.4, -0.2) is 49.7 Å². The van der Waals surface area contributed by atoms with E-state index in [1.807, 2.05) is 11.8 Å². The van der Waals surface area contributed by atoms with Crippen LogP contribution in [0.3, 0.4) is 0 Å². The second-order valence-electron chi connectivity index (χ2n) is 5.82. The highest BCUT2D eigenvalue weighted by Crippen LogP contribution is 2.33. The van der Waals surface area contributed by atoms with Gasteiger partial charge in [0.2, 0.25) is 5.91 Å². The number of hydrogen-bond donors (Lipinski definition) is 0. The zero-order chi connectivity index (χ0) is 14.5. The predicted octanol–water partition coefficient (Wildman–Crippen LogP) is 1.60. The minimum absolute atomic E-state index is 0.143. The first-order valence-electron chi connectivity index (χ1n) is 7.61. The summed E-state index contributed by atoms with van der Waals surface area (Å²) in [5.41, 5.74) is 0. The molecule has 1 unspecified atom stereocenters. The van der Waals surface area contributed by atoms with Gasteiger partial charge in [-0.05, 0) is 38.5 Å². The van der Waals surface area contributed by atoms with Crippen LogP contribution in [0.2, 0.25) is 0 Å². The fourth-order valence-corrected chi connectivity index (χ4v) is 3.15. The minimum Gasteiger partial charge on any atom is -0.469 e. The van der Waals surface area contributed by atoms with E-state index in [-0.39, 0.29) is 17.8 Å². The number of amides is 1. The summed E-state index contributed by atoms with van der Waals surface area (Å²) in [4.78, 5) is 25.7. The Kier molecular flexibility index (Phi) is 5.40. The van der Waals surface area contributed by atoms with E-state index in [4.69, 9.17) is 9.47 Å². The Hall–Kier alpha value is -1.10. The smallest absolute Gasteiger partial charge is 0.310 e. The van der Waals surface area contributed by atoms with Crippen molar-refractivity contribution in [2.24, 2.45) is 11.8 Å². The number of carbonyl (C=O) groups excluding carboxylic acids is 2. The Morgan fingerprint density at radius 3 is 2.70 bits per heavy atom. The molecule has 1 saturated carbocycles. The molecule has 0 bridgehead atoms. The van der Waals surface area contributed by atoms with E-state index >= 15 is 0 Å². The summed E-state index contributed by atoms with van der Waals surface area (Å²) in [5.74, 6) is 0.300. The fraction of sp³-hybridized carbons (Fsp3) is 0.867. The van der Waals surface area contributed by atoms with Crippen molar-refractivity contribution in [2.45, 2.75) is 45.1 Å². The van der Waals surface area contributed by atoms with E-state index in [0.717, 1.165) is 38.8 Å². The molecule has 1 amide bonds. The topological polar surface area (TPSA) is 55.8 Å². The van der Waals surface area contributed by atoms with Gasteiger partial charge in [0.25, 0.3) is 0 Å². The third-order valence-electron chi connectivity index (χ3n) is 4.37. The molecule has 20 heavy (non-hydrogen) atoms. The van der Waals surface area contributed by atoms with E-state index in [1.54, 1.807) is 0 Å². The van der Waals surface area contributed by atoms with E-state index in [2.05, 4.69) is 0 Å². The molecule has 0 aromatic heterocycles. The molecule has 0 aromatic rings. The standard InChI is InChI=1S/C15H25NO4/c1-3-20-13-7-11(8-13)9-14(17)16-6-4-5-12(10-16)15(18)19-2/h11-13H,3-10H2,1-2H3. The number of hydrogen-bond acceptors (Lipinski definition) is 4. The van der Waals surface area contributed by atoms with Gasteiger partial charge in [-0.25, -0.2) is 0 Å². The highest BCUT2D eigenvalue weighted by atomic mass is 16.5. The number of likely N-dealkylation sites (tertiary alicyclic amines) is 1. The summed E-state index contributed by atoms with van der Waals surface area (Å²) >= 11 is 0. The maximum absolute atomic E-state index is 12.3. The highest BCUT2D eigenvalue weighted by Gasteiger charge is 2.34. The largest absolute Gasteiger partial charge is 0.469 e. The zero-order valence-electron chi connectivity index (χ0n) is 12.5. The molecule has 1 aliphatic heterocycles. The average Bonchev–Trinajstić information content (AvgIpc) is 2.44. The first-order valence-corrected chi connectivity index (χ1v) is 7.61. The normalized spacial score (nSPS) is 29.7. The van der Waals surface area contributed by atoms with Crippen LogP contribution in [0.25, 0.3) is 0 Å². The van der Waals surface area contributed by atoms with Crippen molar-refractivity contribution >= 4 is 11.9 Å². The Bertz CT molecular complexity index is 352. The molecule has 0 spiro atoms. The summed E-state index contributed by atoms with van der Waals surface area (Å²) in [5, 5.41) is 0. The predicted molar refractivity (Wildman–Crippen MR) is 74.1 cm³/mol. The molecular weight excluding hydrogens is 258 g/mol. The minimum atomic E-state index is -0.192. The number of ether oxygens (including phenoxy) is 2. The molecule has 114 valence electrons. The van der Waals surface area contributed by atoms with Gasteiger partial charge in [0.1, 0.15) is 0 Å². The highest BCUT2D eigenvalue weighted by molar-refractivity contribution is 5.78. The van der Waals surface area contributed by atoms with E-state index in [9.17, 15) is 9.59 Å². The third-order valence-corrected chi connectivity index (χ3v) is 4.37. The summed E-state index contributed by atoms with van der Waals surface area (Å²) in [6, 6.07) is 0. The van der Waals surface area contributed by atoms with Crippen molar-refractivity contribution in [1.29, 1.82) is 0 Å². The summed E-state index contributed by atoms with van der Waals surface area (Å²) in [7, 11) is 1.41. The molecule has 1 saturated heterocycles. The molecule has 2 fully saturated rings. The van der Waals surface area contributed by atoms with Gasteiger partial charge in [0.15, 0.2) is 0 Å². The van der Waals surface area contributed by atoms with Gasteiger partial charge in [-0.2, -0.15) is 0 Å². The lowest BCUT2D eigenvalue weighted by atomic mass is 9.79. The summed E-state index contributed by atoms with van der Waals surface area (Å²) in [6.07, 6.45) is 4.64. The van der Waals surface area contributed by atoms with Crippen LogP contribution in [-0.2, 0) is 19.1 Å². The van der Waals surface area contributed by atoms with Crippen molar-refractivity contribution in [3.05, 3.63) is 0 Å². The average molecular weight is 283 g/mol. The fourth-order valence-electron chi connectivity index (χ4n) is 3.15. The molecule has 5 heteroatoms. The quantitative estimate of drug-likeness (QED) is 0.719. The Morgan fingerprint density at radius 1 is 1.30 bits per heavy atom. The molecule has 1 aliphatic carbocycles. The molecule has 1 heterocycles. The van der Waals surface area contributed by atoms with Crippen molar-refractivity contribution < 1.29 is 19.1 Å². The maximum atomic E-state index is 12.3. The lowest BCUT2D eigenvalue weighted by Crippen LogP contribution is -2.44. The van der Waals surface area contributed by atoms with Crippen molar-refractivity contribution in [2.75, 3.05) is 26.8 Å². The third kappa shape index (κ3) is 3.72. The number of rotatable bonds is 5. The van der Waals surface area contributed by atoms with Crippen LogP contribution >= 0.6 is 0 Å². The Balaban J connectivity index is 1.74. The number of carbonyl (C=O) groups is 2. The van der Waals surface area contributed by atoms with Gasteiger partial charge >= 0.3 is 5.97 Å². The summed E-state index contributed by atoms with van der Waals surface area (Å²) < 4.78 is 10.3. The molecule has 2 rings (SSSR count). The van der Waals surface area contributed by atoms with E-state index in [0.29, 0.717) is 25.0 Å². The Labute approximate surface area is 120 Å². The Morgan fingerprint density at radius 2 is 2.05 bits per heavy atom. The zero-order valence-corrected chi connectivity index (χ0v) is 12.5. The molecular formula is C15H25NO4. The molecule has 2 aliphatic rings. The molecule has 0 N–H and O–H groups in total. The number of nitrogens with zero attached hydrogens (tertiary/aromatic N) is 1. The maximum Gasteiger partial charge on any atom is 0.310 e. The van der Waals surface area contributed by atoms with Crippen molar-refractivity contribution in [1.82, 2.24) is 4.90 Å². The van der Waals surface area contributed by atoms with Crippen LogP contribution in [0.15, 0.2) is 0 Å². The van der Waals surface area contributed by atoms with Gasteiger partial charge in [0.05, 0.1) is 19.1 Å². The summed E-state index contributed by atoms with van der Waals surface area (Å²) in [6.45, 7) is 4.04. The van der Waals surface area contributed by atoms with E-state index < -0.39 is 0 Å². The molecule has 5 nitrogen and oxygen atoms in total. The van der Waals surface area contributed by atoms with Crippen molar-refractivity contribution in [3.8, 4) is 0 Å². The first kappa shape index (κ1) is 15.3. The first-order chi connectivity index (χ1) is 9.63. The van der Waals surface area contributed by atoms with Gasteiger partial charge in [-0.15, -0.1) is 0 Å². The number of piperidine rings is 1. The van der Waals surface area contributed by atoms with Gasteiger partial charge in [-0.3, -0.25) is 9.59 Å². The van der Waals surface area contributed by atoms with E-state index in [1.165, 1.54) is 7.11 Å². The van der Waals surface area contributed by atoms with Gasteiger partial charge in [-0.1, -0.05) is 0 Å². The molecule has 0 radical (unpaired) electrons. The SMILES string of the molecule is CCOC1CC(CC(=O)N2CCCC(C(=O)OC)C2)C1. The lowest BCUT2D eigenvalue weighted by Gasteiger charge is -2.37. The van der Waals surface area contributed by atoms with Crippen LogP contribution in [0.1, 0.15) is 39.0 Å². The van der Waals surface area contributed by atoms with Crippen LogP contribution in [0.4, 0.5) is 0 Å². The van der Waals surface area contributed by atoms with Crippen LogP contribution in [0, 0.1) is 11.8 Å². The van der Waals surface area contributed by atoms with Crippen LogP contribution in [0.5, 0.6) is 0 Å². The number of methoxy groups -OCH3 is 1. The van der Waals surface area contributed by atoms with Gasteiger partial charge in [0, 0.05) is 26.1 Å². The molecule has 1 atom stereocenters. The second kappa shape index (κ2) is 7.07. The van der Waals surface area contributed by atoms with Crippen molar-refractivity contribution in [3.63, 3.8) is 0 Å².